The van der Waals surface area contributed by atoms with Crippen molar-refractivity contribution < 1.29 is 22.7 Å². The van der Waals surface area contributed by atoms with Gasteiger partial charge in [-0.25, -0.2) is 0 Å². The van der Waals surface area contributed by atoms with Gasteiger partial charge in [-0.05, 0) is 48.4 Å². The molecule has 140 valence electrons. The van der Waals surface area contributed by atoms with E-state index < -0.39 is 11.7 Å². The third-order valence-corrected chi connectivity index (χ3v) is 4.59. The predicted molar refractivity (Wildman–Crippen MR) is 95.3 cm³/mol. The number of carbonyl (C=O) groups is 1. The standard InChI is InChI=1S/C21H18F3NO2/c1-27-19-9-5-16(6-10-19)17-12-13-25(14-17)20(26)11-4-15-2-7-18(8-3-15)21(22,23)24/h2-3,5-10,17H,12-14H2,1H3/t17-/m0/s1. The molecule has 0 aromatic heterocycles. The molecule has 1 aliphatic heterocycles. The van der Waals surface area contributed by atoms with Crippen molar-refractivity contribution in [1.29, 1.82) is 0 Å². The molecule has 1 heterocycles. The average molecular weight is 373 g/mol. The zero-order valence-corrected chi connectivity index (χ0v) is 14.7. The lowest BCUT2D eigenvalue weighted by Gasteiger charge is -2.13. The van der Waals surface area contributed by atoms with Crippen LogP contribution in [0.2, 0.25) is 0 Å². The molecule has 1 fully saturated rings. The second-order valence-corrected chi connectivity index (χ2v) is 6.34. The molecule has 27 heavy (non-hydrogen) atoms. The van der Waals surface area contributed by atoms with E-state index in [4.69, 9.17) is 4.74 Å². The van der Waals surface area contributed by atoms with Crippen LogP contribution in [0.5, 0.6) is 5.75 Å². The molecule has 1 aliphatic rings. The minimum absolute atomic E-state index is 0.243. The summed E-state index contributed by atoms with van der Waals surface area (Å²) in [6, 6.07) is 12.2. The molecule has 3 rings (SSSR count). The van der Waals surface area contributed by atoms with E-state index in [1.54, 1.807) is 12.0 Å². The first kappa shape index (κ1) is 18.8. The number of carbonyl (C=O) groups excluding carboxylic acids is 1. The first-order valence-electron chi connectivity index (χ1n) is 8.49. The highest BCUT2D eigenvalue weighted by molar-refractivity contribution is 5.94. The van der Waals surface area contributed by atoms with Gasteiger partial charge in [-0.3, -0.25) is 4.79 Å². The van der Waals surface area contributed by atoms with Gasteiger partial charge in [-0.15, -0.1) is 0 Å². The van der Waals surface area contributed by atoms with Crippen LogP contribution in [0.4, 0.5) is 13.2 Å². The van der Waals surface area contributed by atoms with Gasteiger partial charge in [-0.2, -0.15) is 13.2 Å². The number of benzene rings is 2. The van der Waals surface area contributed by atoms with Crippen molar-refractivity contribution in [2.24, 2.45) is 0 Å². The third kappa shape index (κ3) is 4.62. The number of hydrogen-bond donors (Lipinski definition) is 0. The van der Waals surface area contributed by atoms with Crippen LogP contribution in [0, 0.1) is 11.8 Å². The lowest BCUT2D eigenvalue weighted by Crippen LogP contribution is -2.26. The number of rotatable bonds is 2. The zero-order valence-electron chi connectivity index (χ0n) is 14.7. The van der Waals surface area contributed by atoms with Gasteiger partial charge in [0.1, 0.15) is 5.75 Å². The van der Waals surface area contributed by atoms with Crippen LogP contribution >= 0.6 is 0 Å². The average Bonchev–Trinajstić information content (AvgIpc) is 3.16. The molecule has 1 saturated heterocycles. The predicted octanol–water partition coefficient (Wildman–Crippen LogP) is 4.08. The topological polar surface area (TPSA) is 29.5 Å². The van der Waals surface area contributed by atoms with Gasteiger partial charge in [0.2, 0.25) is 0 Å². The van der Waals surface area contributed by atoms with Crippen molar-refractivity contribution in [3.8, 4) is 17.6 Å². The number of likely N-dealkylation sites (tertiary alicyclic amines) is 1. The summed E-state index contributed by atoms with van der Waals surface area (Å²) in [5.74, 6) is 5.88. The summed E-state index contributed by atoms with van der Waals surface area (Å²) < 4.78 is 42.8. The van der Waals surface area contributed by atoms with E-state index in [1.165, 1.54) is 12.1 Å². The maximum absolute atomic E-state index is 12.6. The Balaban J connectivity index is 1.61. The monoisotopic (exact) mass is 373 g/mol. The molecule has 0 bridgehead atoms. The van der Waals surface area contributed by atoms with Gasteiger partial charge in [0.15, 0.2) is 0 Å². The molecule has 0 saturated carbocycles. The summed E-state index contributed by atoms with van der Waals surface area (Å²) in [7, 11) is 1.61. The number of nitrogens with zero attached hydrogens (tertiary/aromatic N) is 1. The molecule has 6 heteroatoms. The number of ether oxygens (including phenoxy) is 1. The van der Waals surface area contributed by atoms with Crippen LogP contribution in [0.25, 0.3) is 0 Å². The van der Waals surface area contributed by atoms with E-state index >= 15 is 0 Å². The fourth-order valence-electron chi connectivity index (χ4n) is 3.04. The Morgan fingerprint density at radius 2 is 1.78 bits per heavy atom. The van der Waals surface area contributed by atoms with Crippen LogP contribution in [-0.2, 0) is 11.0 Å². The molecule has 0 N–H and O–H groups in total. The van der Waals surface area contributed by atoms with Crippen molar-refractivity contribution in [2.75, 3.05) is 20.2 Å². The minimum atomic E-state index is -4.38. The largest absolute Gasteiger partial charge is 0.497 e. The summed E-state index contributed by atoms with van der Waals surface area (Å²) in [6.07, 6.45) is -3.53. The highest BCUT2D eigenvalue weighted by Crippen LogP contribution is 2.29. The van der Waals surface area contributed by atoms with Gasteiger partial charge in [-0.1, -0.05) is 18.1 Å². The molecule has 3 nitrogen and oxygen atoms in total. The fraction of sp³-hybridized carbons (Fsp3) is 0.286. The summed E-state index contributed by atoms with van der Waals surface area (Å²) in [6.45, 7) is 1.18. The van der Waals surface area contributed by atoms with Gasteiger partial charge in [0, 0.05) is 30.5 Å². The highest BCUT2D eigenvalue weighted by Gasteiger charge is 2.30. The molecule has 1 atom stereocenters. The number of hydrogen-bond acceptors (Lipinski definition) is 2. The number of halogens is 3. The summed E-state index contributed by atoms with van der Waals surface area (Å²) >= 11 is 0. The molecule has 0 radical (unpaired) electrons. The Morgan fingerprint density at radius 1 is 1.11 bits per heavy atom. The van der Waals surface area contributed by atoms with Crippen molar-refractivity contribution in [3.05, 3.63) is 65.2 Å². The third-order valence-electron chi connectivity index (χ3n) is 4.59. The van der Waals surface area contributed by atoms with E-state index in [0.29, 0.717) is 18.7 Å². The Bertz CT molecular complexity index is 862. The van der Waals surface area contributed by atoms with E-state index in [9.17, 15) is 18.0 Å². The van der Waals surface area contributed by atoms with Crippen LogP contribution in [0.1, 0.15) is 29.0 Å². The number of amides is 1. The summed E-state index contributed by atoms with van der Waals surface area (Å²) in [4.78, 5) is 13.9. The van der Waals surface area contributed by atoms with E-state index in [-0.39, 0.29) is 11.8 Å². The maximum Gasteiger partial charge on any atom is 0.416 e. The first-order valence-corrected chi connectivity index (χ1v) is 8.49. The molecule has 2 aromatic rings. The Hall–Kier alpha value is -2.94. The normalized spacial score (nSPS) is 16.6. The number of methoxy groups -OCH3 is 1. The van der Waals surface area contributed by atoms with Gasteiger partial charge in [0.25, 0.3) is 5.91 Å². The van der Waals surface area contributed by atoms with Gasteiger partial charge in [0.05, 0.1) is 12.7 Å². The Labute approximate surface area is 155 Å². The quantitative estimate of drug-likeness (QED) is 0.743. The molecule has 2 aromatic carbocycles. The molecular formula is C21H18F3NO2. The van der Waals surface area contributed by atoms with Crippen LogP contribution in [0.3, 0.4) is 0 Å². The maximum atomic E-state index is 12.6. The smallest absolute Gasteiger partial charge is 0.416 e. The summed E-state index contributed by atoms with van der Waals surface area (Å²) in [5, 5.41) is 0. The van der Waals surface area contributed by atoms with Gasteiger partial charge >= 0.3 is 6.18 Å². The molecule has 0 aliphatic carbocycles. The van der Waals surface area contributed by atoms with Crippen molar-refractivity contribution in [2.45, 2.75) is 18.5 Å². The molecular weight excluding hydrogens is 355 g/mol. The zero-order chi connectivity index (χ0) is 19.4. The summed E-state index contributed by atoms with van der Waals surface area (Å²) in [5.41, 5.74) is 0.783. The Morgan fingerprint density at radius 3 is 2.37 bits per heavy atom. The first-order chi connectivity index (χ1) is 12.9. The second kappa shape index (κ2) is 7.75. The molecule has 0 unspecified atom stereocenters. The van der Waals surface area contributed by atoms with E-state index in [1.807, 2.05) is 24.3 Å². The van der Waals surface area contributed by atoms with Gasteiger partial charge < -0.3 is 9.64 Å². The van der Waals surface area contributed by atoms with Crippen molar-refractivity contribution >= 4 is 5.91 Å². The van der Waals surface area contributed by atoms with E-state index in [0.717, 1.165) is 29.9 Å². The van der Waals surface area contributed by atoms with Crippen molar-refractivity contribution in [3.63, 3.8) is 0 Å². The Kier molecular flexibility index (Phi) is 5.41. The minimum Gasteiger partial charge on any atom is -0.497 e. The fourth-order valence-corrected chi connectivity index (χ4v) is 3.04. The van der Waals surface area contributed by atoms with Crippen LogP contribution < -0.4 is 4.74 Å². The van der Waals surface area contributed by atoms with Crippen LogP contribution in [0.15, 0.2) is 48.5 Å². The molecule has 0 spiro atoms. The van der Waals surface area contributed by atoms with Crippen LogP contribution in [-0.4, -0.2) is 31.0 Å². The second-order valence-electron chi connectivity index (χ2n) is 6.34. The number of alkyl halides is 3. The highest BCUT2D eigenvalue weighted by atomic mass is 19.4. The lowest BCUT2D eigenvalue weighted by atomic mass is 9.98. The lowest BCUT2D eigenvalue weighted by molar-refractivity contribution is -0.137. The van der Waals surface area contributed by atoms with Crippen molar-refractivity contribution in [1.82, 2.24) is 4.90 Å². The SMILES string of the molecule is COc1ccc([C@H]2CCN(C(=O)C#Cc3ccc(C(F)(F)F)cc3)C2)cc1. The van der Waals surface area contributed by atoms with E-state index in [2.05, 4.69) is 11.8 Å². The molecule has 1 amide bonds.